The number of carbonyl (C=O) groups is 1. The Bertz CT molecular complexity index is 1160. The number of fused-ring (bicyclic) bond motifs is 1. The van der Waals surface area contributed by atoms with Gasteiger partial charge in [-0.15, -0.1) is 11.3 Å². The highest BCUT2D eigenvalue weighted by atomic mass is 32.2. The molecule has 3 heterocycles. The van der Waals surface area contributed by atoms with Crippen LogP contribution in [0.25, 0.3) is 10.2 Å². The van der Waals surface area contributed by atoms with Crippen molar-refractivity contribution in [3.8, 4) is 0 Å². The molecule has 3 rings (SSSR count). The lowest BCUT2D eigenvalue weighted by molar-refractivity contribution is 0.102. The van der Waals surface area contributed by atoms with Crippen molar-refractivity contribution in [3.63, 3.8) is 0 Å². The van der Waals surface area contributed by atoms with Gasteiger partial charge in [0.1, 0.15) is 4.83 Å². The maximum Gasteiger partial charge on any atom is 0.263 e. The van der Waals surface area contributed by atoms with E-state index in [0.29, 0.717) is 17.1 Å². The molecule has 0 aliphatic rings. The number of Topliss-reactive ketones (excluding diaryl/α,β-unsaturated/α-hetero) is 1. The predicted octanol–water partition coefficient (Wildman–Crippen LogP) is 4.70. The number of hydrogen-bond donors (Lipinski definition) is 0. The topological polar surface area (TPSA) is 66.1 Å². The lowest BCUT2D eigenvalue weighted by Crippen LogP contribution is -2.25. The molecular weight excluding hydrogens is 418 g/mol. The number of aryl methyl sites for hydroxylation is 3. The van der Waals surface area contributed by atoms with E-state index in [1.165, 1.54) is 23.1 Å². The molecule has 0 fully saturated rings. The maximum atomic E-state index is 13.2. The molecule has 8 heteroatoms. The van der Waals surface area contributed by atoms with Crippen molar-refractivity contribution in [1.82, 2.24) is 14.1 Å². The molecule has 0 saturated heterocycles. The lowest BCUT2D eigenvalue weighted by atomic mass is 10.2. The van der Waals surface area contributed by atoms with Crippen LogP contribution in [-0.4, -0.2) is 39.4 Å². The monoisotopic (exact) mass is 447 g/mol. The number of ketones is 1. The molecule has 0 aliphatic heterocycles. The Kier molecular flexibility index (Phi) is 6.89. The predicted molar refractivity (Wildman–Crippen MR) is 125 cm³/mol. The second-order valence-electron chi connectivity index (χ2n) is 7.77. The zero-order chi connectivity index (χ0) is 22.2. The highest BCUT2D eigenvalue weighted by Crippen LogP contribution is 2.30. The van der Waals surface area contributed by atoms with Crippen LogP contribution in [0.5, 0.6) is 0 Å². The Hall–Kier alpha value is -1.90. The van der Waals surface area contributed by atoms with Crippen LogP contribution in [0, 0.1) is 27.7 Å². The molecule has 30 heavy (non-hydrogen) atoms. The summed E-state index contributed by atoms with van der Waals surface area (Å²) in [5.41, 5.74) is 3.69. The molecule has 0 atom stereocenters. The molecule has 0 amide bonds. The van der Waals surface area contributed by atoms with E-state index in [2.05, 4.69) is 4.57 Å². The van der Waals surface area contributed by atoms with Crippen LogP contribution in [0.15, 0.2) is 16.0 Å². The standard InChI is InChI=1S/C22H29N3O3S2/c1-12(2)25-21(27)19-14(4)16(6)30-20(19)23-22(25)29-11-18(26)17-10-13(3)24(15(17)5)8-9-28-7/h10,12H,8-9,11H2,1-7H3. The van der Waals surface area contributed by atoms with Crippen LogP contribution < -0.4 is 5.56 Å². The van der Waals surface area contributed by atoms with Crippen molar-refractivity contribution in [2.75, 3.05) is 19.5 Å². The molecule has 6 nitrogen and oxygen atoms in total. The number of thiophene rings is 1. The highest BCUT2D eigenvalue weighted by Gasteiger charge is 2.21. The van der Waals surface area contributed by atoms with Crippen LogP contribution >= 0.6 is 23.1 Å². The van der Waals surface area contributed by atoms with E-state index in [4.69, 9.17) is 9.72 Å². The smallest absolute Gasteiger partial charge is 0.263 e. The van der Waals surface area contributed by atoms with Crippen molar-refractivity contribution in [1.29, 1.82) is 0 Å². The molecule has 3 aromatic rings. The van der Waals surface area contributed by atoms with Gasteiger partial charge in [-0.2, -0.15) is 0 Å². The SMILES string of the molecule is COCCn1c(C)cc(C(=O)CSc2nc3sc(C)c(C)c3c(=O)n2C(C)C)c1C. The van der Waals surface area contributed by atoms with Gasteiger partial charge >= 0.3 is 0 Å². The first-order chi connectivity index (χ1) is 14.2. The highest BCUT2D eigenvalue weighted by molar-refractivity contribution is 7.99. The Labute approximate surface area is 185 Å². The van der Waals surface area contributed by atoms with Gasteiger partial charge in [0.05, 0.1) is 17.7 Å². The molecule has 0 aliphatic carbocycles. The van der Waals surface area contributed by atoms with E-state index in [-0.39, 0.29) is 23.1 Å². The van der Waals surface area contributed by atoms with Gasteiger partial charge in [0.25, 0.3) is 5.56 Å². The average Bonchev–Trinajstić information content (AvgIpc) is 3.13. The van der Waals surface area contributed by atoms with E-state index in [1.807, 2.05) is 47.6 Å². The maximum absolute atomic E-state index is 13.2. The fourth-order valence-corrected chi connectivity index (χ4v) is 5.74. The summed E-state index contributed by atoms with van der Waals surface area (Å²) in [5, 5.41) is 1.30. The minimum atomic E-state index is -0.0364. The van der Waals surface area contributed by atoms with E-state index in [1.54, 1.807) is 11.7 Å². The second-order valence-corrected chi connectivity index (χ2v) is 9.91. The van der Waals surface area contributed by atoms with Gasteiger partial charge in [0.15, 0.2) is 10.9 Å². The van der Waals surface area contributed by atoms with Gasteiger partial charge in [0.2, 0.25) is 0 Å². The Morgan fingerprint density at radius 1 is 1.27 bits per heavy atom. The summed E-state index contributed by atoms with van der Waals surface area (Å²) in [5.74, 6) is 0.280. The summed E-state index contributed by atoms with van der Waals surface area (Å²) in [6, 6.07) is 1.90. The van der Waals surface area contributed by atoms with Crippen LogP contribution in [0.3, 0.4) is 0 Å². The van der Waals surface area contributed by atoms with Crippen LogP contribution in [0.4, 0.5) is 0 Å². The quantitative estimate of drug-likeness (QED) is 0.285. The third kappa shape index (κ3) is 4.13. The third-order valence-corrected chi connectivity index (χ3v) is 7.50. The summed E-state index contributed by atoms with van der Waals surface area (Å²) in [6.45, 7) is 13.2. The minimum Gasteiger partial charge on any atom is -0.383 e. The van der Waals surface area contributed by atoms with Crippen molar-refractivity contribution >= 4 is 39.1 Å². The number of thioether (sulfide) groups is 1. The number of rotatable bonds is 8. The van der Waals surface area contributed by atoms with Crippen LogP contribution in [0.2, 0.25) is 0 Å². The molecule has 0 unspecified atom stereocenters. The van der Waals surface area contributed by atoms with E-state index < -0.39 is 0 Å². The first-order valence-corrected chi connectivity index (χ1v) is 11.8. The van der Waals surface area contributed by atoms with E-state index in [0.717, 1.165) is 38.8 Å². The van der Waals surface area contributed by atoms with Crippen molar-refractivity contribution in [2.45, 2.75) is 59.3 Å². The molecule has 0 bridgehead atoms. The Morgan fingerprint density at radius 3 is 2.60 bits per heavy atom. The molecular formula is C22H29N3O3S2. The average molecular weight is 448 g/mol. The first kappa shape index (κ1) is 22.8. The summed E-state index contributed by atoms with van der Waals surface area (Å²) >= 11 is 2.87. The number of carbonyl (C=O) groups excluding carboxylic acids is 1. The van der Waals surface area contributed by atoms with Crippen LogP contribution in [-0.2, 0) is 11.3 Å². The normalized spacial score (nSPS) is 11.7. The van der Waals surface area contributed by atoms with Crippen LogP contribution in [0.1, 0.15) is 52.1 Å². The first-order valence-electron chi connectivity index (χ1n) is 10.0. The zero-order valence-electron chi connectivity index (χ0n) is 18.7. The Morgan fingerprint density at radius 2 is 1.97 bits per heavy atom. The molecule has 0 N–H and O–H groups in total. The molecule has 0 radical (unpaired) electrons. The van der Waals surface area contributed by atoms with Crippen molar-refractivity contribution in [3.05, 3.63) is 43.8 Å². The zero-order valence-corrected chi connectivity index (χ0v) is 20.3. The second kappa shape index (κ2) is 9.08. The van der Waals surface area contributed by atoms with Gasteiger partial charge in [-0.05, 0) is 53.2 Å². The number of nitrogens with zero attached hydrogens (tertiary/aromatic N) is 3. The van der Waals surface area contributed by atoms with E-state index in [9.17, 15) is 9.59 Å². The van der Waals surface area contributed by atoms with Gasteiger partial charge in [-0.3, -0.25) is 14.2 Å². The number of ether oxygens (including phenoxy) is 1. The summed E-state index contributed by atoms with van der Waals surface area (Å²) < 4.78 is 8.99. The van der Waals surface area contributed by atoms with Gasteiger partial charge < -0.3 is 9.30 Å². The fourth-order valence-electron chi connectivity index (χ4n) is 3.66. The minimum absolute atomic E-state index is 0.0236. The molecule has 3 aromatic heterocycles. The number of aromatic nitrogens is 3. The molecule has 0 aromatic carbocycles. The number of hydrogen-bond acceptors (Lipinski definition) is 6. The van der Waals surface area contributed by atoms with Gasteiger partial charge in [0, 0.05) is 41.5 Å². The van der Waals surface area contributed by atoms with Crippen molar-refractivity contribution in [2.24, 2.45) is 0 Å². The summed E-state index contributed by atoms with van der Waals surface area (Å²) in [4.78, 5) is 32.8. The Balaban J connectivity index is 1.91. The molecule has 162 valence electrons. The molecule has 0 spiro atoms. The van der Waals surface area contributed by atoms with Gasteiger partial charge in [-0.25, -0.2) is 4.98 Å². The fraction of sp³-hybridized carbons (Fsp3) is 0.500. The number of methoxy groups -OCH3 is 1. The lowest BCUT2D eigenvalue weighted by Gasteiger charge is -2.15. The molecule has 0 saturated carbocycles. The largest absolute Gasteiger partial charge is 0.383 e. The van der Waals surface area contributed by atoms with Crippen molar-refractivity contribution < 1.29 is 9.53 Å². The summed E-state index contributed by atoms with van der Waals surface area (Å²) in [6.07, 6.45) is 0. The van der Waals surface area contributed by atoms with E-state index >= 15 is 0 Å². The van der Waals surface area contributed by atoms with Gasteiger partial charge in [-0.1, -0.05) is 11.8 Å². The summed E-state index contributed by atoms with van der Waals surface area (Å²) in [7, 11) is 1.67. The third-order valence-electron chi connectivity index (χ3n) is 5.44.